The molecule has 0 aliphatic rings. The lowest BCUT2D eigenvalue weighted by molar-refractivity contribution is 0.592. The van der Waals surface area contributed by atoms with Crippen LogP contribution in [0.4, 0.5) is 0 Å². The second-order valence-corrected chi connectivity index (χ2v) is 19.5. The minimum Gasteiger partial charge on any atom is -0.309 e. The minimum atomic E-state index is -3.09. The van der Waals surface area contributed by atoms with E-state index >= 15 is 4.57 Å². The molecule has 0 aliphatic carbocycles. The van der Waals surface area contributed by atoms with Crippen LogP contribution < -0.4 is 26.5 Å². The first-order valence-electron chi connectivity index (χ1n) is 12.5. The van der Waals surface area contributed by atoms with E-state index in [-0.39, 0.29) is 0 Å². The Kier molecular flexibility index (Phi) is 9.37. The maximum Gasteiger partial charge on any atom is 0.172 e. The van der Waals surface area contributed by atoms with Gasteiger partial charge in [0.05, 0.1) is 0 Å². The van der Waals surface area contributed by atoms with Crippen LogP contribution in [0.3, 0.4) is 0 Å². The third kappa shape index (κ3) is 5.44. The predicted molar refractivity (Wildman–Crippen MR) is 159 cm³/mol. The third-order valence-corrected chi connectivity index (χ3v) is 16.2. The highest BCUT2D eigenvalue weighted by molar-refractivity contribution is 7.88. The van der Waals surface area contributed by atoms with E-state index in [0.29, 0.717) is 22.6 Å². The lowest BCUT2D eigenvalue weighted by atomic mass is 10.3. The van der Waals surface area contributed by atoms with E-state index in [2.05, 4.69) is 116 Å². The molecule has 3 rings (SSSR count). The first-order valence-corrected chi connectivity index (χ1v) is 17.2. The molecule has 34 heavy (non-hydrogen) atoms. The Balaban J connectivity index is 2.43. The molecule has 0 bridgehead atoms. The van der Waals surface area contributed by atoms with Gasteiger partial charge in [0.1, 0.15) is 0 Å². The fraction of sp³-hybridized carbons (Fsp3) is 0.400. The van der Waals surface area contributed by atoms with Crippen molar-refractivity contribution in [3.63, 3.8) is 0 Å². The molecule has 1 nitrogen and oxygen atoms in total. The van der Waals surface area contributed by atoms with Gasteiger partial charge in [-0.15, -0.1) is 0 Å². The Hall–Kier alpha value is -1.25. The highest BCUT2D eigenvalue weighted by Crippen LogP contribution is 2.52. The highest BCUT2D eigenvalue weighted by atomic mass is 31.2. The van der Waals surface area contributed by atoms with Crippen LogP contribution in [0.15, 0.2) is 78.9 Å². The number of hydrogen-bond donors (Lipinski definition) is 0. The molecule has 3 aromatic carbocycles. The smallest absolute Gasteiger partial charge is 0.172 e. The molecule has 0 unspecified atom stereocenters. The number of hydrogen-bond acceptors (Lipinski definition) is 1. The van der Waals surface area contributed by atoms with Crippen LogP contribution in [-0.2, 0) is 4.57 Å². The summed E-state index contributed by atoms with van der Waals surface area (Å²) in [5, 5.41) is 5.65. The van der Waals surface area contributed by atoms with E-state index in [4.69, 9.17) is 0 Å². The van der Waals surface area contributed by atoms with Crippen LogP contribution in [-0.4, -0.2) is 22.6 Å². The topological polar surface area (TPSA) is 17.1 Å². The average Bonchev–Trinajstić information content (AvgIpc) is 2.79. The van der Waals surface area contributed by atoms with Gasteiger partial charge in [0.25, 0.3) is 0 Å². The maximum absolute atomic E-state index is 15.8. The standard InChI is InChI=1S/C30H41OP3/c1-22(2)32(23(3)4)27-18-12-14-20-29(27)34(31,26-16-10-9-11-17-26)30-21-15-13-19-28(30)33(24(5)6)25(7)8/h9-25H,1-8H3. The molecule has 0 radical (unpaired) electrons. The van der Waals surface area contributed by atoms with E-state index in [0.717, 1.165) is 15.9 Å². The summed E-state index contributed by atoms with van der Waals surface area (Å²) in [6.45, 7) is 18.6. The second kappa shape index (κ2) is 11.7. The molecule has 0 atom stereocenters. The van der Waals surface area contributed by atoms with Crippen molar-refractivity contribution in [3.05, 3.63) is 78.9 Å². The van der Waals surface area contributed by atoms with E-state index in [1.807, 2.05) is 18.2 Å². The van der Waals surface area contributed by atoms with Gasteiger partial charge in [-0.1, -0.05) is 150 Å². The lowest BCUT2D eigenvalue weighted by Crippen LogP contribution is -2.40. The summed E-state index contributed by atoms with van der Waals surface area (Å²) >= 11 is 0. The van der Waals surface area contributed by atoms with Gasteiger partial charge >= 0.3 is 0 Å². The first-order chi connectivity index (χ1) is 16.1. The molecule has 0 aliphatic heterocycles. The Morgan fingerprint density at radius 1 is 0.500 bits per heavy atom. The molecule has 0 heterocycles. The fourth-order valence-corrected chi connectivity index (χ4v) is 15.4. The van der Waals surface area contributed by atoms with Crippen LogP contribution in [0.2, 0.25) is 0 Å². The Morgan fingerprint density at radius 2 is 0.824 bits per heavy atom. The summed E-state index contributed by atoms with van der Waals surface area (Å²) in [7, 11) is -4.00. The van der Waals surface area contributed by atoms with Gasteiger partial charge in [0.2, 0.25) is 0 Å². The minimum absolute atomic E-state index is 0.456. The largest absolute Gasteiger partial charge is 0.309 e. The fourth-order valence-electron chi connectivity index (χ4n) is 5.25. The summed E-state index contributed by atoms with van der Waals surface area (Å²) in [5.74, 6) is 0. The number of rotatable bonds is 9. The quantitative estimate of drug-likeness (QED) is 0.279. The van der Waals surface area contributed by atoms with Gasteiger partial charge in [-0.25, -0.2) is 0 Å². The van der Waals surface area contributed by atoms with Gasteiger partial charge in [0, 0.05) is 15.9 Å². The van der Waals surface area contributed by atoms with Gasteiger partial charge in [0.15, 0.2) is 7.14 Å². The number of benzene rings is 3. The van der Waals surface area contributed by atoms with Crippen molar-refractivity contribution in [2.24, 2.45) is 0 Å². The predicted octanol–water partition coefficient (Wildman–Crippen LogP) is 7.17. The van der Waals surface area contributed by atoms with E-state index in [1.165, 1.54) is 10.6 Å². The molecule has 0 amide bonds. The van der Waals surface area contributed by atoms with Gasteiger partial charge in [-0.3, -0.25) is 0 Å². The summed E-state index contributed by atoms with van der Waals surface area (Å²) in [6, 6.07) is 27.5. The van der Waals surface area contributed by atoms with Crippen LogP contribution in [0.5, 0.6) is 0 Å². The van der Waals surface area contributed by atoms with Crippen LogP contribution in [0.25, 0.3) is 0 Å². The molecular formula is C30H41OP3. The van der Waals surface area contributed by atoms with Crippen molar-refractivity contribution in [3.8, 4) is 0 Å². The molecular weight excluding hydrogens is 469 g/mol. The first kappa shape index (κ1) is 27.3. The van der Waals surface area contributed by atoms with Crippen molar-refractivity contribution in [2.45, 2.75) is 78.0 Å². The Labute approximate surface area is 210 Å². The zero-order valence-corrected chi connectivity index (χ0v) is 24.7. The molecule has 0 N–H and O–H groups in total. The monoisotopic (exact) mass is 510 g/mol. The molecule has 0 spiro atoms. The van der Waals surface area contributed by atoms with E-state index in [1.54, 1.807) is 0 Å². The maximum atomic E-state index is 15.8. The normalized spacial score (nSPS) is 12.6. The van der Waals surface area contributed by atoms with E-state index in [9.17, 15) is 0 Å². The summed E-state index contributed by atoms with van der Waals surface area (Å²) < 4.78 is 15.8. The van der Waals surface area contributed by atoms with Crippen molar-refractivity contribution in [1.82, 2.24) is 0 Å². The van der Waals surface area contributed by atoms with Crippen molar-refractivity contribution in [1.29, 1.82) is 0 Å². The Bertz CT molecular complexity index is 1040. The molecule has 3 aromatic rings. The lowest BCUT2D eigenvalue weighted by Gasteiger charge is -2.34. The Morgan fingerprint density at radius 3 is 1.18 bits per heavy atom. The zero-order chi connectivity index (χ0) is 25.0. The summed E-state index contributed by atoms with van der Waals surface area (Å²) in [5.41, 5.74) is 2.11. The zero-order valence-electron chi connectivity index (χ0n) is 22.1. The molecule has 0 saturated carbocycles. The van der Waals surface area contributed by atoms with Gasteiger partial charge in [-0.05, 0) is 33.2 Å². The highest BCUT2D eigenvalue weighted by Gasteiger charge is 2.38. The molecule has 4 heteroatoms. The summed E-state index contributed by atoms with van der Waals surface area (Å²) in [6.07, 6.45) is 0. The van der Waals surface area contributed by atoms with Crippen LogP contribution >= 0.6 is 23.0 Å². The molecule has 0 saturated heterocycles. The SMILES string of the molecule is CC(C)P(c1ccccc1P(=O)(c1ccccc1)c1ccccc1P(C(C)C)C(C)C)C(C)C. The van der Waals surface area contributed by atoms with E-state index < -0.39 is 23.0 Å². The van der Waals surface area contributed by atoms with Gasteiger partial charge in [-0.2, -0.15) is 0 Å². The molecule has 182 valence electrons. The van der Waals surface area contributed by atoms with Crippen molar-refractivity contribution >= 4 is 49.5 Å². The third-order valence-electron chi connectivity index (χ3n) is 6.34. The second-order valence-electron chi connectivity index (χ2n) is 10.1. The molecule has 0 aromatic heterocycles. The van der Waals surface area contributed by atoms with Crippen LogP contribution in [0, 0.1) is 0 Å². The van der Waals surface area contributed by atoms with Crippen LogP contribution in [0.1, 0.15) is 55.4 Å². The average molecular weight is 511 g/mol. The van der Waals surface area contributed by atoms with Gasteiger partial charge < -0.3 is 4.57 Å². The molecule has 0 fully saturated rings. The summed E-state index contributed by atoms with van der Waals surface area (Å²) in [4.78, 5) is 0. The van der Waals surface area contributed by atoms with Crippen molar-refractivity contribution in [2.75, 3.05) is 0 Å². The van der Waals surface area contributed by atoms with Crippen molar-refractivity contribution < 1.29 is 4.57 Å².